The lowest BCUT2D eigenvalue weighted by Crippen LogP contribution is -2.35. The Labute approximate surface area is 191 Å². The Balaban J connectivity index is 1.71. The highest BCUT2D eigenvalue weighted by molar-refractivity contribution is 5.62. The molecule has 1 heterocycles. The third-order valence-corrected chi connectivity index (χ3v) is 6.63. The first-order valence-corrected chi connectivity index (χ1v) is 11.6. The Morgan fingerprint density at radius 1 is 0.562 bits per heavy atom. The highest BCUT2D eigenvalue weighted by Crippen LogP contribution is 2.45. The average Bonchev–Trinajstić information content (AvgIpc) is 2.88. The quantitative estimate of drug-likeness (QED) is 0.363. The summed E-state index contributed by atoms with van der Waals surface area (Å²) in [6, 6.07) is 42.3. The van der Waals surface area contributed by atoms with Crippen molar-refractivity contribution >= 4 is 5.69 Å². The second-order valence-electron chi connectivity index (χ2n) is 8.60. The normalized spacial score (nSPS) is 14.8. The van der Waals surface area contributed by atoms with Gasteiger partial charge in [-0.15, -0.1) is 0 Å². The molecule has 0 atom stereocenters. The van der Waals surface area contributed by atoms with E-state index in [0.29, 0.717) is 6.04 Å². The SMILES string of the molecule is c1ccc(C(c2ccccc2)(c2ccccc2)c2cccc(NC3CCNCC3)c2)cc1. The van der Waals surface area contributed by atoms with Crippen molar-refractivity contribution in [1.82, 2.24) is 5.32 Å². The number of nitrogens with one attached hydrogen (secondary N) is 2. The molecule has 0 radical (unpaired) electrons. The summed E-state index contributed by atoms with van der Waals surface area (Å²) >= 11 is 0. The highest BCUT2D eigenvalue weighted by Gasteiger charge is 2.38. The number of anilines is 1. The van der Waals surface area contributed by atoms with Gasteiger partial charge >= 0.3 is 0 Å². The molecule has 0 unspecified atom stereocenters. The molecule has 0 saturated carbocycles. The standard InChI is InChI=1S/C30H30N2/c1-4-11-24(12-5-1)30(25-13-6-2-7-14-25,26-15-8-3-9-16-26)27-17-10-18-29(23-27)32-28-19-21-31-22-20-28/h1-18,23,28,31-32H,19-22H2. The third kappa shape index (κ3) is 3.94. The number of hydrogen-bond acceptors (Lipinski definition) is 2. The molecular formula is C30H30N2. The van der Waals surface area contributed by atoms with Gasteiger partial charge < -0.3 is 10.6 Å². The van der Waals surface area contributed by atoms with E-state index in [-0.39, 0.29) is 0 Å². The molecule has 0 bridgehead atoms. The maximum Gasteiger partial charge on any atom is 0.0702 e. The molecule has 0 amide bonds. The molecule has 0 spiro atoms. The lowest BCUT2D eigenvalue weighted by molar-refractivity contribution is 0.479. The van der Waals surface area contributed by atoms with Crippen LogP contribution in [0.3, 0.4) is 0 Å². The molecule has 5 rings (SSSR count). The van der Waals surface area contributed by atoms with Crippen LogP contribution >= 0.6 is 0 Å². The largest absolute Gasteiger partial charge is 0.382 e. The Kier molecular flexibility index (Phi) is 6.04. The fraction of sp³-hybridized carbons (Fsp3) is 0.200. The number of hydrogen-bond donors (Lipinski definition) is 2. The zero-order valence-electron chi connectivity index (χ0n) is 18.4. The average molecular weight is 419 g/mol. The van der Waals surface area contributed by atoms with Crippen LogP contribution in [0.4, 0.5) is 5.69 Å². The molecule has 160 valence electrons. The second-order valence-corrected chi connectivity index (χ2v) is 8.60. The van der Waals surface area contributed by atoms with E-state index in [1.54, 1.807) is 0 Å². The van der Waals surface area contributed by atoms with Crippen molar-refractivity contribution in [2.75, 3.05) is 18.4 Å². The van der Waals surface area contributed by atoms with Gasteiger partial charge in [0.25, 0.3) is 0 Å². The molecule has 4 aromatic carbocycles. The summed E-state index contributed by atoms with van der Waals surface area (Å²) in [5.41, 5.74) is 5.90. The van der Waals surface area contributed by atoms with Crippen LogP contribution in [0.1, 0.15) is 35.1 Å². The van der Waals surface area contributed by atoms with Gasteiger partial charge in [0.1, 0.15) is 0 Å². The van der Waals surface area contributed by atoms with E-state index in [2.05, 4.69) is 126 Å². The van der Waals surface area contributed by atoms with Gasteiger partial charge in [0.2, 0.25) is 0 Å². The van der Waals surface area contributed by atoms with E-state index in [0.717, 1.165) is 25.9 Å². The Bertz CT molecular complexity index is 1020. The minimum atomic E-state index is -0.393. The summed E-state index contributed by atoms with van der Waals surface area (Å²) in [6.07, 6.45) is 2.32. The second kappa shape index (κ2) is 9.42. The minimum absolute atomic E-state index is 0.393. The van der Waals surface area contributed by atoms with Crippen molar-refractivity contribution in [2.45, 2.75) is 24.3 Å². The lowest BCUT2D eigenvalue weighted by Gasteiger charge is -2.37. The summed E-state index contributed by atoms with van der Waals surface area (Å²) in [6.45, 7) is 2.17. The van der Waals surface area contributed by atoms with E-state index in [1.807, 2.05) is 0 Å². The van der Waals surface area contributed by atoms with Gasteiger partial charge in [-0.05, 0) is 60.3 Å². The van der Waals surface area contributed by atoms with Crippen LogP contribution in [-0.2, 0) is 5.41 Å². The maximum atomic E-state index is 3.81. The Morgan fingerprint density at radius 2 is 1.03 bits per heavy atom. The molecule has 1 aliphatic rings. The molecule has 0 aliphatic carbocycles. The van der Waals surface area contributed by atoms with Gasteiger partial charge in [-0.3, -0.25) is 0 Å². The number of rotatable bonds is 6. The summed E-state index contributed by atoms with van der Waals surface area (Å²) in [5.74, 6) is 0. The molecular weight excluding hydrogens is 388 g/mol. The van der Waals surface area contributed by atoms with Crippen LogP contribution in [0.15, 0.2) is 115 Å². The fourth-order valence-electron chi connectivity index (χ4n) is 5.11. The fourth-order valence-corrected chi connectivity index (χ4v) is 5.11. The Hall–Kier alpha value is -3.36. The number of benzene rings is 4. The molecule has 1 fully saturated rings. The van der Waals surface area contributed by atoms with Crippen LogP contribution in [-0.4, -0.2) is 19.1 Å². The van der Waals surface area contributed by atoms with Crippen LogP contribution in [0.2, 0.25) is 0 Å². The molecule has 1 saturated heterocycles. The van der Waals surface area contributed by atoms with Gasteiger partial charge in [0, 0.05) is 11.7 Å². The first-order chi connectivity index (χ1) is 15.9. The Morgan fingerprint density at radius 3 is 1.53 bits per heavy atom. The third-order valence-electron chi connectivity index (χ3n) is 6.63. The molecule has 0 aromatic heterocycles. The molecule has 2 heteroatoms. The van der Waals surface area contributed by atoms with Crippen molar-refractivity contribution in [3.8, 4) is 0 Å². The molecule has 2 N–H and O–H groups in total. The summed E-state index contributed by atoms with van der Waals surface area (Å²) in [7, 11) is 0. The van der Waals surface area contributed by atoms with Crippen LogP contribution in [0.5, 0.6) is 0 Å². The van der Waals surface area contributed by atoms with Crippen molar-refractivity contribution in [2.24, 2.45) is 0 Å². The van der Waals surface area contributed by atoms with Crippen LogP contribution in [0, 0.1) is 0 Å². The zero-order chi connectivity index (χ0) is 21.6. The van der Waals surface area contributed by atoms with Gasteiger partial charge in [0.05, 0.1) is 5.41 Å². The minimum Gasteiger partial charge on any atom is -0.382 e. The predicted molar refractivity (Wildman–Crippen MR) is 134 cm³/mol. The van der Waals surface area contributed by atoms with E-state index >= 15 is 0 Å². The highest BCUT2D eigenvalue weighted by atomic mass is 15.0. The molecule has 32 heavy (non-hydrogen) atoms. The zero-order valence-corrected chi connectivity index (χ0v) is 18.4. The molecule has 1 aliphatic heterocycles. The summed E-state index contributed by atoms with van der Waals surface area (Å²) < 4.78 is 0. The predicted octanol–water partition coefficient (Wildman–Crippen LogP) is 6.23. The monoisotopic (exact) mass is 418 g/mol. The van der Waals surface area contributed by atoms with Crippen molar-refractivity contribution in [3.63, 3.8) is 0 Å². The van der Waals surface area contributed by atoms with Crippen LogP contribution < -0.4 is 10.6 Å². The topological polar surface area (TPSA) is 24.1 Å². The van der Waals surface area contributed by atoms with Crippen molar-refractivity contribution in [1.29, 1.82) is 0 Å². The van der Waals surface area contributed by atoms with Crippen molar-refractivity contribution in [3.05, 3.63) is 138 Å². The summed E-state index contributed by atoms with van der Waals surface area (Å²) in [5, 5.41) is 7.27. The first-order valence-electron chi connectivity index (χ1n) is 11.6. The van der Waals surface area contributed by atoms with Gasteiger partial charge in [-0.1, -0.05) is 103 Å². The van der Waals surface area contributed by atoms with E-state index in [9.17, 15) is 0 Å². The summed E-state index contributed by atoms with van der Waals surface area (Å²) in [4.78, 5) is 0. The van der Waals surface area contributed by atoms with Crippen LogP contribution in [0.25, 0.3) is 0 Å². The maximum absolute atomic E-state index is 3.81. The van der Waals surface area contributed by atoms with E-state index < -0.39 is 5.41 Å². The van der Waals surface area contributed by atoms with Gasteiger partial charge in [-0.25, -0.2) is 0 Å². The van der Waals surface area contributed by atoms with Crippen molar-refractivity contribution < 1.29 is 0 Å². The number of piperidine rings is 1. The molecule has 4 aromatic rings. The van der Waals surface area contributed by atoms with E-state index in [4.69, 9.17) is 0 Å². The lowest BCUT2D eigenvalue weighted by atomic mass is 9.65. The molecule has 2 nitrogen and oxygen atoms in total. The van der Waals surface area contributed by atoms with Gasteiger partial charge in [0.15, 0.2) is 0 Å². The van der Waals surface area contributed by atoms with E-state index in [1.165, 1.54) is 27.9 Å². The first kappa shape index (κ1) is 20.5. The smallest absolute Gasteiger partial charge is 0.0702 e. The van der Waals surface area contributed by atoms with Gasteiger partial charge in [-0.2, -0.15) is 0 Å².